The van der Waals surface area contributed by atoms with Gasteiger partial charge in [0.2, 0.25) is 0 Å². The number of hydrogen-bond donors (Lipinski definition) is 3. The summed E-state index contributed by atoms with van der Waals surface area (Å²) in [5.41, 5.74) is 2.49. The molecule has 1 aliphatic rings. The van der Waals surface area contributed by atoms with Crippen LogP contribution < -0.4 is 16.0 Å². The second-order valence-corrected chi connectivity index (χ2v) is 8.11. The van der Waals surface area contributed by atoms with Crippen molar-refractivity contribution >= 4 is 17.7 Å². The van der Waals surface area contributed by atoms with E-state index in [2.05, 4.69) is 28.1 Å². The smallest absolute Gasteiger partial charge is 0.319 e. The molecule has 7 nitrogen and oxygen atoms in total. The first kappa shape index (κ1) is 22.6. The predicted octanol–water partition coefficient (Wildman–Crippen LogP) is 3.55. The molecule has 1 saturated heterocycles. The molecule has 3 N–H and O–H groups in total. The lowest BCUT2D eigenvalue weighted by atomic mass is 9.94. The van der Waals surface area contributed by atoms with Crippen molar-refractivity contribution in [2.75, 3.05) is 38.7 Å². The molecule has 2 aromatic carbocycles. The van der Waals surface area contributed by atoms with E-state index < -0.39 is 5.54 Å². The number of aryl methyl sites for hydroxylation is 1. The molecule has 0 spiro atoms. The van der Waals surface area contributed by atoms with Gasteiger partial charge in [0.05, 0.1) is 5.54 Å². The van der Waals surface area contributed by atoms with Crippen molar-refractivity contribution in [1.29, 1.82) is 0 Å². The van der Waals surface area contributed by atoms with Crippen LogP contribution in [0.3, 0.4) is 0 Å². The highest BCUT2D eigenvalue weighted by Crippen LogP contribution is 2.25. The van der Waals surface area contributed by atoms with Crippen LogP contribution in [-0.4, -0.2) is 55.9 Å². The van der Waals surface area contributed by atoms with Gasteiger partial charge in [-0.3, -0.25) is 0 Å². The summed E-state index contributed by atoms with van der Waals surface area (Å²) in [6, 6.07) is 17.4. The molecule has 1 unspecified atom stereocenters. The first-order valence-electron chi connectivity index (χ1n) is 10.7. The van der Waals surface area contributed by atoms with Crippen LogP contribution in [0.5, 0.6) is 0 Å². The van der Waals surface area contributed by atoms with Crippen LogP contribution in [0.1, 0.15) is 24.0 Å². The summed E-state index contributed by atoms with van der Waals surface area (Å²) in [5.74, 6) is 0. The van der Waals surface area contributed by atoms with E-state index in [-0.39, 0.29) is 12.1 Å². The Balaban J connectivity index is 1.54. The van der Waals surface area contributed by atoms with Gasteiger partial charge in [0.15, 0.2) is 0 Å². The SMILES string of the molecule is COCCC1(NC(=O)Nc2cccc(C)c2)CCN(C(=O)NCCc2ccccc2)C1. The summed E-state index contributed by atoms with van der Waals surface area (Å²) < 4.78 is 5.26. The van der Waals surface area contributed by atoms with Gasteiger partial charge in [-0.1, -0.05) is 42.5 Å². The van der Waals surface area contributed by atoms with Gasteiger partial charge >= 0.3 is 12.1 Å². The van der Waals surface area contributed by atoms with Gasteiger partial charge in [-0.2, -0.15) is 0 Å². The number of hydrogen-bond acceptors (Lipinski definition) is 3. The van der Waals surface area contributed by atoms with E-state index in [1.807, 2.05) is 49.4 Å². The van der Waals surface area contributed by atoms with Crippen LogP contribution in [0.4, 0.5) is 15.3 Å². The van der Waals surface area contributed by atoms with Crippen LogP contribution in [0.25, 0.3) is 0 Å². The van der Waals surface area contributed by atoms with Crippen LogP contribution in [0.2, 0.25) is 0 Å². The summed E-state index contributed by atoms with van der Waals surface area (Å²) in [5, 5.41) is 9.00. The molecular formula is C24H32N4O3. The minimum absolute atomic E-state index is 0.101. The highest BCUT2D eigenvalue weighted by atomic mass is 16.5. The van der Waals surface area contributed by atoms with E-state index in [1.54, 1.807) is 12.0 Å². The number of likely N-dealkylation sites (tertiary alicyclic amines) is 1. The number of urea groups is 2. The van der Waals surface area contributed by atoms with Crippen molar-refractivity contribution in [2.24, 2.45) is 0 Å². The maximum atomic E-state index is 12.7. The molecule has 1 fully saturated rings. The van der Waals surface area contributed by atoms with E-state index >= 15 is 0 Å². The Hall–Kier alpha value is -3.06. The number of ether oxygens (including phenoxy) is 1. The van der Waals surface area contributed by atoms with Crippen LogP contribution in [0, 0.1) is 6.92 Å². The van der Waals surface area contributed by atoms with Gasteiger partial charge in [0, 0.05) is 39.0 Å². The monoisotopic (exact) mass is 424 g/mol. The molecule has 166 valence electrons. The molecule has 4 amide bonds. The van der Waals surface area contributed by atoms with E-state index in [9.17, 15) is 9.59 Å². The Morgan fingerprint density at radius 3 is 2.68 bits per heavy atom. The fourth-order valence-corrected chi connectivity index (χ4v) is 3.91. The number of methoxy groups -OCH3 is 1. The summed E-state index contributed by atoms with van der Waals surface area (Å²) in [4.78, 5) is 27.1. The second-order valence-electron chi connectivity index (χ2n) is 8.11. The molecule has 1 aliphatic heterocycles. The fraction of sp³-hybridized carbons (Fsp3) is 0.417. The van der Waals surface area contributed by atoms with Crippen molar-refractivity contribution in [3.05, 3.63) is 65.7 Å². The highest BCUT2D eigenvalue weighted by Gasteiger charge is 2.41. The van der Waals surface area contributed by atoms with Crippen molar-refractivity contribution in [3.63, 3.8) is 0 Å². The summed E-state index contributed by atoms with van der Waals surface area (Å²) in [7, 11) is 1.64. The zero-order valence-electron chi connectivity index (χ0n) is 18.3. The lowest BCUT2D eigenvalue weighted by molar-refractivity contribution is 0.155. The van der Waals surface area contributed by atoms with E-state index in [0.717, 1.165) is 17.7 Å². The summed E-state index contributed by atoms with van der Waals surface area (Å²) in [6.45, 7) is 4.11. The minimum Gasteiger partial charge on any atom is -0.385 e. The molecule has 3 rings (SSSR count). The van der Waals surface area contributed by atoms with Gasteiger partial charge in [0.25, 0.3) is 0 Å². The lowest BCUT2D eigenvalue weighted by Crippen LogP contribution is -2.53. The van der Waals surface area contributed by atoms with Crippen molar-refractivity contribution < 1.29 is 14.3 Å². The van der Waals surface area contributed by atoms with Crippen molar-refractivity contribution in [2.45, 2.75) is 31.7 Å². The average molecular weight is 425 g/mol. The molecule has 1 atom stereocenters. The molecule has 2 aromatic rings. The van der Waals surface area contributed by atoms with Crippen LogP contribution >= 0.6 is 0 Å². The minimum atomic E-state index is -0.513. The topological polar surface area (TPSA) is 82.7 Å². The van der Waals surface area contributed by atoms with Crippen molar-refractivity contribution in [1.82, 2.24) is 15.5 Å². The largest absolute Gasteiger partial charge is 0.385 e. The maximum Gasteiger partial charge on any atom is 0.319 e. The van der Waals surface area contributed by atoms with Crippen LogP contribution in [-0.2, 0) is 11.2 Å². The lowest BCUT2D eigenvalue weighted by Gasteiger charge is -2.30. The Labute approximate surface area is 184 Å². The van der Waals surface area contributed by atoms with Gasteiger partial charge in [-0.25, -0.2) is 9.59 Å². The zero-order chi connectivity index (χ0) is 22.1. The van der Waals surface area contributed by atoms with Gasteiger partial charge in [-0.05, 0) is 49.4 Å². The van der Waals surface area contributed by atoms with Gasteiger partial charge < -0.3 is 25.6 Å². The zero-order valence-corrected chi connectivity index (χ0v) is 18.3. The Morgan fingerprint density at radius 1 is 1.13 bits per heavy atom. The number of carbonyl (C=O) groups is 2. The van der Waals surface area contributed by atoms with E-state index in [4.69, 9.17) is 4.74 Å². The average Bonchev–Trinajstić information content (AvgIpc) is 3.17. The van der Waals surface area contributed by atoms with Crippen LogP contribution in [0.15, 0.2) is 54.6 Å². The maximum absolute atomic E-state index is 12.7. The molecule has 0 bridgehead atoms. The summed E-state index contributed by atoms with van der Waals surface area (Å²) >= 11 is 0. The quantitative estimate of drug-likeness (QED) is 0.606. The van der Waals surface area contributed by atoms with E-state index in [1.165, 1.54) is 5.56 Å². The molecule has 0 aromatic heterocycles. The van der Waals surface area contributed by atoms with Gasteiger partial charge in [-0.15, -0.1) is 0 Å². The number of amides is 4. The third-order valence-corrected chi connectivity index (χ3v) is 5.61. The molecule has 0 saturated carbocycles. The number of anilines is 1. The number of nitrogens with zero attached hydrogens (tertiary/aromatic N) is 1. The number of benzene rings is 2. The predicted molar refractivity (Wildman–Crippen MR) is 122 cm³/mol. The molecule has 0 radical (unpaired) electrons. The third-order valence-electron chi connectivity index (χ3n) is 5.61. The Morgan fingerprint density at radius 2 is 1.94 bits per heavy atom. The normalized spacial score (nSPS) is 17.9. The number of nitrogens with one attached hydrogen (secondary N) is 3. The standard InChI is InChI=1S/C24H32N4O3/c1-19-7-6-10-21(17-19)26-22(29)27-24(13-16-31-2)12-15-28(18-24)23(30)25-14-11-20-8-4-3-5-9-20/h3-10,17H,11-16,18H2,1-2H3,(H,25,30)(H2,26,27,29). The second kappa shape index (κ2) is 10.8. The first-order valence-corrected chi connectivity index (χ1v) is 10.7. The third kappa shape index (κ3) is 6.72. The molecule has 7 heteroatoms. The van der Waals surface area contributed by atoms with Crippen molar-refractivity contribution in [3.8, 4) is 0 Å². The first-order chi connectivity index (χ1) is 15.0. The molecule has 0 aliphatic carbocycles. The highest BCUT2D eigenvalue weighted by molar-refractivity contribution is 5.90. The van der Waals surface area contributed by atoms with E-state index in [0.29, 0.717) is 39.1 Å². The fourth-order valence-electron chi connectivity index (χ4n) is 3.91. The summed E-state index contributed by atoms with van der Waals surface area (Å²) in [6.07, 6.45) is 2.11. The molecule has 1 heterocycles. The number of rotatable bonds is 8. The Bertz CT molecular complexity index is 874. The molecular weight excluding hydrogens is 392 g/mol. The number of carbonyl (C=O) groups excluding carboxylic acids is 2. The Kier molecular flexibility index (Phi) is 7.89. The van der Waals surface area contributed by atoms with Gasteiger partial charge in [0.1, 0.15) is 0 Å². The molecule has 31 heavy (non-hydrogen) atoms.